The number of phenols is 1. The number of methoxy groups -OCH3 is 3. The number of carbonyl (C=O) groups is 1. The van der Waals surface area contributed by atoms with Crippen molar-refractivity contribution in [2.45, 2.75) is 32.6 Å². The summed E-state index contributed by atoms with van der Waals surface area (Å²) in [6, 6.07) is 1.55. The van der Waals surface area contributed by atoms with Crippen LogP contribution in [0.2, 0.25) is 0 Å². The molecular weight excluding hydrogens is 260 g/mol. The highest BCUT2D eigenvalue weighted by molar-refractivity contribution is 6.02. The first-order valence-corrected chi connectivity index (χ1v) is 6.65. The molecule has 0 saturated heterocycles. The number of unbranched alkanes of at least 4 members (excludes halogenated alkanes) is 2. The van der Waals surface area contributed by atoms with Crippen molar-refractivity contribution in [2.75, 3.05) is 21.3 Å². The van der Waals surface area contributed by atoms with Crippen molar-refractivity contribution in [1.29, 1.82) is 0 Å². The second-order valence-corrected chi connectivity index (χ2v) is 4.42. The summed E-state index contributed by atoms with van der Waals surface area (Å²) in [5.41, 5.74) is 0.154. The summed E-state index contributed by atoms with van der Waals surface area (Å²) in [6.45, 7) is 2.07. The Morgan fingerprint density at radius 1 is 1.10 bits per heavy atom. The number of Topliss-reactive ketones (excluding diaryl/α,β-unsaturated/α-hetero) is 1. The van der Waals surface area contributed by atoms with E-state index in [4.69, 9.17) is 14.2 Å². The van der Waals surface area contributed by atoms with Crippen LogP contribution in [0.4, 0.5) is 0 Å². The van der Waals surface area contributed by atoms with Crippen LogP contribution in [0.5, 0.6) is 23.0 Å². The lowest BCUT2D eigenvalue weighted by atomic mass is 10.0. The topological polar surface area (TPSA) is 65.0 Å². The SMILES string of the molecule is CCCCCC(=O)c1c(OC)cc(OC)c(OC)c1O. The number of benzene rings is 1. The minimum Gasteiger partial charge on any atom is -0.504 e. The average molecular weight is 282 g/mol. The third kappa shape index (κ3) is 3.35. The molecule has 0 aliphatic rings. The minimum atomic E-state index is -0.231. The van der Waals surface area contributed by atoms with E-state index in [9.17, 15) is 9.90 Å². The zero-order valence-corrected chi connectivity index (χ0v) is 12.5. The van der Waals surface area contributed by atoms with E-state index in [2.05, 4.69) is 6.92 Å². The number of ketones is 1. The zero-order chi connectivity index (χ0) is 15.1. The van der Waals surface area contributed by atoms with E-state index in [1.54, 1.807) is 6.07 Å². The van der Waals surface area contributed by atoms with Crippen molar-refractivity contribution in [3.05, 3.63) is 11.6 Å². The molecule has 0 aliphatic carbocycles. The molecule has 1 aromatic rings. The van der Waals surface area contributed by atoms with E-state index in [1.165, 1.54) is 21.3 Å². The molecular formula is C15H22O5. The monoisotopic (exact) mass is 282 g/mol. The third-order valence-corrected chi connectivity index (χ3v) is 3.11. The van der Waals surface area contributed by atoms with Gasteiger partial charge in [-0.05, 0) is 6.42 Å². The number of aromatic hydroxyl groups is 1. The third-order valence-electron chi connectivity index (χ3n) is 3.11. The van der Waals surface area contributed by atoms with Crippen LogP contribution >= 0.6 is 0 Å². The molecule has 0 radical (unpaired) electrons. The molecule has 1 aromatic carbocycles. The lowest BCUT2D eigenvalue weighted by molar-refractivity contribution is 0.0972. The van der Waals surface area contributed by atoms with Gasteiger partial charge in [-0.15, -0.1) is 0 Å². The van der Waals surface area contributed by atoms with Crippen molar-refractivity contribution in [2.24, 2.45) is 0 Å². The molecule has 0 aromatic heterocycles. The van der Waals surface area contributed by atoms with Gasteiger partial charge in [-0.3, -0.25) is 4.79 Å². The van der Waals surface area contributed by atoms with Crippen LogP contribution in [0.3, 0.4) is 0 Å². The van der Waals surface area contributed by atoms with Crippen LogP contribution in [0.1, 0.15) is 43.0 Å². The quantitative estimate of drug-likeness (QED) is 0.586. The minimum absolute atomic E-state index is 0.146. The molecule has 1 N–H and O–H groups in total. The van der Waals surface area contributed by atoms with Crippen molar-refractivity contribution in [3.63, 3.8) is 0 Å². The van der Waals surface area contributed by atoms with E-state index < -0.39 is 0 Å². The average Bonchev–Trinajstić information content (AvgIpc) is 2.45. The van der Waals surface area contributed by atoms with Crippen LogP contribution in [-0.4, -0.2) is 32.2 Å². The first kappa shape index (κ1) is 16.1. The summed E-state index contributed by atoms with van der Waals surface area (Å²) >= 11 is 0. The number of rotatable bonds is 8. The Hall–Kier alpha value is -1.91. The maximum absolute atomic E-state index is 12.3. The fraction of sp³-hybridized carbons (Fsp3) is 0.533. The van der Waals surface area contributed by atoms with E-state index >= 15 is 0 Å². The summed E-state index contributed by atoms with van der Waals surface area (Å²) < 4.78 is 15.4. The predicted octanol–water partition coefficient (Wildman–Crippen LogP) is 3.18. The molecule has 5 nitrogen and oxygen atoms in total. The first-order valence-electron chi connectivity index (χ1n) is 6.65. The predicted molar refractivity (Wildman–Crippen MR) is 76.2 cm³/mol. The van der Waals surface area contributed by atoms with Crippen LogP contribution < -0.4 is 14.2 Å². The van der Waals surface area contributed by atoms with Gasteiger partial charge in [-0.2, -0.15) is 0 Å². The smallest absolute Gasteiger partial charge is 0.204 e. The van der Waals surface area contributed by atoms with Gasteiger partial charge in [0.25, 0.3) is 0 Å². The number of hydrogen-bond acceptors (Lipinski definition) is 5. The van der Waals surface area contributed by atoms with Gasteiger partial charge in [0.05, 0.1) is 21.3 Å². The second kappa shape index (κ2) is 7.62. The molecule has 0 spiro atoms. The van der Waals surface area contributed by atoms with Gasteiger partial charge in [-0.1, -0.05) is 19.8 Å². The molecule has 0 bridgehead atoms. The van der Waals surface area contributed by atoms with Crippen molar-refractivity contribution >= 4 is 5.78 Å². The van der Waals surface area contributed by atoms with Crippen LogP contribution in [0.25, 0.3) is 0 Å². The molecule has 0 fully saturated rings. The summed E-state index contributed by atoms with van der Waals surface area (Å²) in [5.74, 6) is 0.375. The summed E-state index contributed by atoms with van der Waals surface area (Å²) in [7, 11) is 4.32. The molecule has 0 heterocycles. The summed E-state index contributed by atoms with van der Waals surface area (Å²) in [5, 5.41) is 10.2. The molecule has 0 aliphatic heterocycles. The maximum atomic E-state index is 12.3. The van der Waals surface area contributed by atoms with E-state index in [0.29, 0.717) is 17.9 Å². The Kier molecular flexibility index (Phi) is 6.15. The van der Waals surface area contributed by atoms with Gasteiger partial charge >= 0.3 is 0 Å². The van der Waals surface area contributed by atoms with Crippen LogP contribution in [0.15, 0.2) is 6.07 Å². The Morgan fingerprint density at radius 3 is 2.25 bits per heavy atom. The number of carbonyl (C=O) groups excluding carboxylic acids is 1. The number of ether oxygens (including phenoxy) is 3. The normalized spacial score (nSPS) is 10.2. The van der Waals surface area contributed by atoms with Crippen molar-refractivity contribution in [3.8, 4) is 23.0 Å². The molecule has 112 valence electrons. The lowest BCUT2D eigenvalue weighted by Gasteiger charge is -2.15. The highest BCUT2D eigenvalue weighted by atomic mass is 16.5. The highest BCUT2D eigenvalue weighted by Gasteiger charge is 2.24. The molecule has 20 heavy (non-hydrogen) atoms. The number of phenolic OH excluding ortho intramolecular Hbond substituents is 1. The van der Waals surface area contributed by atoms with Gasteiger partial charge in [-0.25, -0.2) is 0 Å². The van der Waals surface area contributed by atoms with Crippen molar-refractivity contribution in [1.82, 2.24) is 0 Å². The van der Waals surface area contributed by atoms with Gasteiger partial charge in [0.2, 0.25) is 5.75 Å². The van der Waals surface area contributed by atoms with E-state index in [-0.39, 0.29) is 22.8 Å². The molecule has 0 amide bonds. The van der Waals surface area contributed by atoms with Gasteiger partial charge in [0, 0.05) is 12.5 Å². The van der Waals surface area contributed by atoms with Gasteiger partial charge < -0.3 is 19.3 Å². The standard InChI is InChI=1S/C15H22O5/c1-5-6-7-8-10(16)13-11(18-2)9-12(19-3)15(20-4)14(13)17/h9,17H,5-8H2,1-4H3. The number of hydrogen-bond donors (Lipinski definition) is 1. The molecule has 5 heteroatoms. The van der Waals surface area contributed by atoms with Crippen LogP contribution in [0, 0.1) is 0 Å². The summed E-state index contributed by atoms with van der Waals surface area (Å²) in [6.07, 6.45) is 3.16. The Bertz CT molecular complexity index is 468. The Balaban J connectivity index is 3.19. The highest BCUT2D eigenvalue weighted by Crippen LogP contribution is 2.44. The van der Waals surface area contributed by atoms with E-state index in [1.807, 2.05) is 0 Å². The largest absolute Gasteiger partial charge is 0.504 e. The molecule has 1 rings (SSSR count). The van der Waals surface area contributed by atoms with Crippen LogP contribution in [-0.2, 0) is 0 Å². The lowest BCUT2D eigenvalue weighted by Crippen LogP contribution is -2.05. The Labute approximate surface area is 119 Å². The fourth-order valence-electron chi connectivity index (χ4n) is 2.04. The van der Waals surface area contributed by atoms with Gasteiger partial charge in [0.1, 0.15) is 11.3 Å². The molecule has 0 atom stereocenters. The maximum Gasteiger partial charge on any atom is 0.204 e. The molecule has 0 saturated carbocycles. The fourth-order valence-corrected chi connectivity index (χ4v) is 2.04. The van der Waals surface area contributed by atoms with Crippen molar-refractivity contribution < 1.29 is 24.1 Å². The van der Waals surface area contributed by atoms with Gasteiger partial charge in [0.15, 0.2) is 17.3 Å². The Morgan fingerprint density at radius 2 is 1.75 bits per heavy atom. The van der Waals surface area contributed by atoms with E-state index in [0.717, 1.165) is 19.3 Å². The first-order chi connectivity index (χ1) is 9.60. The second-order valence-electron chi connectivity index (χ2n) is 4.42. The zero-order valence-electron chi connectivity index (χ0n) is 12.5. The molecule has 0 unspecified atom stereocenters. The summed E-state index contributed by atoms with van der Waals surface area (Å²) in [4.78, 5) is 12.3.